The molecule has 0 aliphatic carbocycles. The molecule has 0 aromatic heterocycles. The molecule has 19 heavy (non-hydrogen) atoms. The molecule has 2 rings (SSSR count). The van der Waals surface area contributed by atoms with Gasteiger partial charge in [0.25, 0.3) is 0 Å². The molecule has 1 heterocycles. The number of alkyl halides is 3. The fourth-order valence-corrected chi connectivity index (χ4v) is 2.21. The van der Waals surface area contributed by atoms with Crippen molar-refractivity contribution in [3.8, 4) is 5.75 Å². The van der Waals surface area contributed by atoms with E-state index in [-0.39, 0.29) is 11.8 Å². The molecule has 106 valence electrons. The number of aliphatic hydroxyl groups is 1. The van der Waals surface area contributed by atoms with Crippen molar-refractivity contribution < 1.29 is 23.0 Å². The maximum Gasteiger partial charge on any atom is 0.389 e. The Kier molecular flexibility index (Phi) is 3.51. The minimum atomic E-state index is -4.24. The Bertz CT molecular complexity index is 466. The lowest BCUT2D eigenvalue weighted by Crippen LogP contribution is -2.18. The molecule has 1 N–H and O–H groups in total. The summed E-state index contributed by atoms with van der Waals surface area (Å²) in [5, 5.41) is 9.84. The predicted molar refractivity (Wildman–Crippen MR) is 65.2 cm³/mol. The van der Waals surface area contributed by atoms with Crippen molar-refractivity contribution in [1.29, 1.82) is 0 Å². The van der Waals surface area contributed by atoms with Crippen LogP contribution in [0.4, 0.5) is 13.2 Å². The highest BCUT2D eigenvalue weighted by molar-refractivity contribution is 5.45. The average Bonchev–Trinajstić information content (AvgIpc) is 2.61. The number of ether oxygens (including phenoxy) is 1. The number of halogens is 3. The van der Waals surface area contributed by atoms with E-state index in [1.807, 2.05) is 13.8 Å². The van der Waals surface area contributed by atoms with E-state index >= 15 is 0 Å². The second-order valence-electron chi connectivity index (χ2n) is 5.60. The van der Waals surface area contributed by atoms with Crippen LogP contribution in [0.1, 0.15) is 43.9 Å². The van der Waals surface area contributed by atoms with Crippen molar-refractivity contribution in [2.24, 2.45) is 0 Å². The topological polar surface area (TPSA) is 29.5 Å². The van der Waals surface area contributed by atoms with Crippen LogP contribution in [0.15, 0.2) is 18.2 Å². The Labute approximate surface area is 110 Å². The molecule has 0 radical (unpaired) electrons. The van der Waals surface area contributed by atoms with Crippen LogP contribution in [0.3, 0.4) is 0 Å². The van der Waals surface area contributed by atoms with E-state index in [1.54, 1.807) is 18.2 Å². The molecule has 1 aliphatic heterocycles. The highest BCUT2D eigenvalue weighted by Gasteiger charge is 2.33. The van der Waals surface area contributed by atoms with Crippen LogP contribution in [0, 0.1) is 0 Å². The molecule has 2 nitrogen and oxygen atoms in total. The largest absolute Gasteiger partial charge is 0.492 e. The van der Waals surface area contributed by atoms with E-state index in [4.69, 9.17) is 4.74 Å². The minimum absolute atomic E-state index is 0.172. The smallest absolute Gasteiger partial charge is 0.389 e. The van der Waals surface area contributed by atoms with Crippen LogP contribution < -0.4 is 4.74 Å². The summed E-state index contributed by atoms with van der Waals surface area (Å²) in [6, 6.07) is 5.10. The van der Waals surface area contributed by atoms with Crippen molar-refractivity contribution in [3.05, 3.63) is 29.3 Å². The first-order valence-corrected chi connectivity index (χ1v) is 6.21. The normalized spacial score (nSPS) is 18.8. The second kappa shape index (κ2) is 4.71. The fraction of sp³-hybridized carbons (Fsp3) is 0.571. The molecular formula is C14H17F3O2. The molecule has 5 heteroatoms. The molecular weight excluding hydrogens is 257 g/mol. The Morgan fingerprint density at radius 3 is 2.68 bits per heavy atom. The Balaban J connectivity index is 2.14. The maximum absolute atomic E-state index is 12.1. The zero-order chi connectivity index (χ0) is 14.3. The van der Waals surface area contributed by atoms with Crippen LogP contribution in [0.5, 0.6) is 5.75 Å². The van der Waals surface area contributed by atoms with Gasteiger partial charge in [0.2, 0.25) is 0 Å². The van der Waals surface area contributed by atoms with E-state index < -0.39 is 18.7 Å². The summed E-state index contributed by atoms with van der Waals surface area (Å²) in [6.07, 6.45) is -6.63. The van der Waals surface area contributed by atoms with Gasteiger partial charge in [0, 0.05) is 17.4 Å². The summed E-state index contributed by atoms with van der Waals surface area (Å²) in [4.78, 5) is 0. The van der Waals surface area contributed by atoms with Crippen LogP contribution in [-0.2, 0) is 5.41 Å². The number of hydrogen-bond donors (Lipinski definition) is 1. The van der Waals surface area contributed by atoms with Gasteiger partial charge < -0.3 is 9.84 Å². The minimum Gasteiger partial charge on any atom is -0.492 e. The summed E-state index contributed by atoms with van der Waals surface area (Å²) < 4.78 is 41.9. The van der Waals surface area contributed by atoms with Gasteiger partial charge in [-0.15, -0.1) is 0 Å². The van der Waals surface area contributed by atoms with E-state index in [1.165, 1.54) is 0 Å². The number of hydrogen-bond acceptors (Lipinski definition) is 2. The molecule has 0 saturated carbocycles. The zero-order valence-corrected chi connectivity index (χ0v) is 10.9. The monoisotopic (exact) mass is 274 g/mol. The molecule has 0 spiro atoms. The third kappa shape index (κ3) is 3.21. The summed E-state index contributed by atoms with van der Waals surface area (Å²) in [5.41, 5.74) is 1.28. The first kappa shape index (κ1) is 14.2. The molecule has 0 saturated heterocycles. The van der Waals surface area contributed by atoms with Crippen molar-refractivity contribution >= 4 is 0 Å². The van der Waals surface area contributed by atoms with Crippen LogP contribution in [0.2, 0.25) is 0 Å². The third-order valence-electron chi connectivity index (χ3n) is 3.41. The lowest BCUT2D eigenvalue weighted by molar-refractivity contribution is -0.140. The van der Waals surface area contributed by atoms with Crippen molar-refractivity contribution in [2.75, 3.05) is 6.61 Å². The summed E-state index contributed by atoms with van der Waals surface area (Å²) in [7, 11) is 0. The van der Waals surface area contributed by atoms with Gasteiger partial charge in [-0.25, -0.2) is 0 Å². The Hall–Kier alpha value is -1.23. The van der Waals surface area contributed by atoms with Gasteiger partial charge in [-0.2, -0.15) is 13.2 Å². The lowest BCUT2D eigenvalue weighted by Gasteiger charge is -2.18. The van der Waals surface area contributed by atoms with Crippen LogP contribution >= 0.6 is 0 Å². The van der Waals surface area contributed by atoms with Crippen molar-refractivity contribution in [3.63, 3.8) is 0 Å². The number of fused-ring (bicyclic) bond motifs is 1. The third-order valence-corrected chi connectivity index (χ3v) is 3.41. The second-order valence-corrected chi connectivity index (χ2v) is 5.60. The summed E-state index contributed by atoms with van der Waals surface area (Å²) in [5.74, 6) is 0.747. The van der Waals surface area contributed by atoms with Gasteiger partial charge in [-0.3, -0.25) is 0 Å². The van der Waals surface area contributed by atoms with Gasteiger partial charge in [0.05, 0.1) is 12.7 Å². The number of aliphatic hydroxyl groups excluding tert-OH is 1. The predicted octanol–water partition coefficient (Wildman–Crippen LogP) is 3.73. The highest BCUT2D eigenvalue weighted by Crippen LogP contribution is 2.40. The SMILES string of the molecule is CC1(C)COc2ccc(C(O)CCC(F)(F)F)cc21. The molecule has 1 aromatic carbocycles. The molecule has 1 aromatic rings. The van der Waals surface area contributed by atoms with Gasteiger partial charge >= 0.3 is 6.18 Å². The van der Waals surface area contributed by atoms with E-state index in [0.29, 0.717) is 12.2 Å². The van der Waals surface area contributed by atoms with Gasteiger partial charge in [0.15, 0.2) is 0 Å². The molecule has 1 aliphatic rings. The number of rotatable bonds is 3. The Morgan fingerprint density at radius 1 is 1.37 bits per heavy atom. The first-order valence-electron chi connectivity index (χ1n) is 6.21. The van der Waals surface area contributed by atoms with Gasteiger partial charge in [-0.05, 0) is 24.1 Å². The van der Waals surface area contributed by atoms with E-state index in [0.717, 1.165) is 11.3 Å². The summed E-state index contributed by atoms with van der Waals surface area (Å²) >= 11 is 0. The molecule has 0 amide bonds. The lowest BCUT2D eigenvalue weighted by atomic mass is 9.85. The molecule has 0 bridgehead atoms. The first-order chi connectivity index (χ1) is 8.69. The van der Waals surface area contributed by atoms with Gasteiger partial charge in [0.1, 0.15) is 5.75 Å². The highest BCUT2D eigenvalue weighted by atomic mass is 19.4. The maximum atomic E-state index is 12.1. The van der Waals surface area contributed by atoms with Crippen molar-refractivity contribution in [2.45, 2.75) is 44.4 Å². The number of benzene rings is 1. The standard InChI is InChI=1S/C14H17F3O2/c1-13(2)8-19-12-4-3-9(7-10(12)13)11(18)5-6-14(15,16)17/h3-4,7,11,18H,5-6,8H2,1-2H3. The Morgan fingerprint density at radius 2 is 2.05 bits per heavy atom. The van der Waals surface area contributed by atoms with Crippen molar-refractivity contribution in [1.82, 2.24) is 0 Å². The fourth-order valence-electron chi connectivity index (χ4n) is 2.21. The zero-order valence-electron chi connectivity index (χ0n) is 10.9. The van der Waals surface area contributed by atoms with E-state index in [2.05, 4.69) is 0 Å². The quantitative estimate of drug-likeness (QED) is 0.910. The molecule has 1 atom stereocenters. The van der Waals surface area contributed by atoms with Crippen LogP contribution in [0.25, 0.3) is 0 Å². The van der Waals surface area contributed by atoms with Crippen LogP contribution in [-0.4, -0.2) is 17.9 Å². The average molecular weight is 274 g/mol. The molecule has 1 unspecified atom stereocenters. The van der Waals surface area contributed by atoms with Gasteiger partial charge in [-0.1, -0.05) is 19.9 Å². The summed E-state index contributed by atoms with van der Waals surface area (Å²) in [6.45, 7) is 4.56. The van der Waals surface area contributed by atoms with E-state index in [9.17, 15) is 18.3 Å². The molecule has 0 fully saturated rings.